The molecule has 0 spiro atoms. The number of aliphatic hydroxyl groups excluding tert-OH is 2. The highest BCUT2D eigenvalue weighted by atomic mass is 28.4. The van der Waals surface area contributed by atoms with E-state index in [9.17, 15) is 19.8 Å². The van der Waals surface area contributed by atoms with E-state index in [1.165, 1.54) is 0 Å². The lowest BCUT2D eigenvalue weighted by atomic mass is 10.0. The van der Waals surface area contributed by atoms with E-state index in [1.54, 1.807) is 64.8 Å². The Morgan fingerprint density at radius 3 is 1.39 bits per heavy atom. The van der Waals surface area contributed by atoms with Crippen molar-refractivity contribution in [2.75, 3.05) is 54.7 Å². The first-order valence-electron chi connectivity index (χ1n) is 20.5. The number of rotatable bonds is 24. The summed E-state index contributed by atoms with van der Waals surface area (Å²) in [6.07, 6.45) is 0.168. The van der Waals surface area contributed by atoms with Crippen LogP contribution in [0, 0.1) is 0 Å². The first kappa shape index (κ1) is 48.4. The molecule has 0 aliphatic heterocycles. The van der Waals surface area contributed by atoms with Crippen LogP contribution in [-0.2, 0) is 26.9 Å². The summed E-state index contributed by atoms with van der Waals surface area (Å²) in [7, 11) is 4.05. The van der Waals surface area contributed by atoms with E-state index >= 15 is 0 Å². The number of amides is 2. The first-order chi connectivity index (χ1) is 29.0. The lowest BCUT2D eigenvalue weighted by Crippen LogP contribution is -2.51. The average molecular weight is 861 g/mol. The normalized spacial score (nSPS) is 13.0. The van der Waals surface area contributed by atoms with Crippen molar-refractivity contribution in [3.8, 4) is 34.5 Å². The molecule has 332 valence electrons. The van der Waals surface area contributed by atoms with E-state index in [1.807, 2.05) is 48.5 Å². The van der Waals surface area contributed by atoms with E-state index in [2.05, 4.69) is 44.5 Å². The Hall–Kier alpha value is -5.28. The van der Waals surface area contributed by atoms with Crippen molar-refractivity contribution in [1.29, 1.82) is 0 Å². The molecule has 13 nitrogen and oxygen atoms in total. The summed E-state index contributed by atoms with van der Waals surface area (Å²) in [4.78, 5) is 26.0. The highest BCUT2D eigenvalue weighted by Crippen LogP contribution is 2.37. The summed E-state index contributed by atoms with van der Waals surface area (Å²) in [5, 5.41) is 27.6. The van der Waals surface area contributed by atoms with Gasteiger partial charge in [0, 0.05) is 13.1 Å². The van der Waals surface area contributed by atoms with E-state index in [-0.39, 0.29) is 43.2 Å². The molecule has 0 aromatic heterocycles. The van der Waals surface area contributed by atoms with Gasteiger partial charge in [-0.3, -0.25) is 9.59 Å². The van der Waals surface area contributed by atoms with Gasteiger partial charge in [0.2, 0.25) is 0 Å². The Balaban J connectivity index is 1.26. The maximum Gasteiger partial charge on any atom is 0.258 e. The van der Waals surface area contributed by atoms with Crippen molar-refractivity contribution < 1.29 is 52.6 Å². The molecule has 4 N–H and O–H groups in total. The van der Waals surface area contributed by atoms with Crippen LogP contribution in [0.1, 0.15) is 68.1 Å². The fourth-order valence-corrected chi connectivity index (χ4v) is 7.59. The maximum absolute atomic E-state index is 13.0. The molecule has 0 fully saturated rings. The van der Waals surface area contributed by atoms with Gasteiger partial charge in [-0.05, 0) is 115 Å². The molecule has 0 saturated carbocycles. The van der Waals surface area contributed by atoms with Crippen LogP contribution < -0.4 is 39.1 Å². The molecule has 4 aromatic rings. The predicted molar refractivity (Wildman–Crippen MR) is 238 cm³/mol. The smallest absolute Gasteiger partial charge is 0.258 e. The van der Waals surface area contributed by atoms with Crippen LogP contribution in [0.4, 0.5) is 0 Å². The number of hydrogen-bond acceptors (Lipinski definition) is 11. The molecule has 0 saturated heterocycles. The zero-order valence-electron chi connectivity index (χ0n) is 37.0. The second-order valence-corrected chi connectivity index (χ2v) is 21.1. The van der Waals surface area contributed by atoms with Crippen LogP contribution >= 0.6 is 0 Å². The van der Waals surface area contributed by atoms with Crippen molar-refractivity contribution in [2.45, 2.75) is 82.9 Å². The molecule has 14 heteroatoms. The van der Waals surface area contributed by atoms with Gasteiger partial charge >= 0.3 is 0 Å². The minimum Gasteiger partial charge on any atom is -0.493 e. The number of aliphatic hydroxyl groups is 2. The Bertz CT molecular complexity index is 1890. The summed E-state index contributed by atoms with van der Waals surface area (Å²) >= 11 is 0. The zero-order chi connectivity index (χ0) is 44.6. The van der Waals surface area contributed by atoms with E-state index in [0.29, 0.717) is 71.3 Å². The molecule has 0 radical (unpaired) electrons. The third-order valence-corrected chi connectivity index (χ3v) is 15.4. The highest BCUT2D eigenvalue weighted by Gasteiger charge is 2.39. The summed E-state index contributed by atoms with van der Waals surface area (Å²) in [5.74, 6) is 2.74. The van der Waals surface area contributed by atoms with Crippen LogP contribution in [0.15, 0.2) is 84.9 Å². The average Bonchev–Trinajstić information content (AvgIpc) is 3.26. The monoisotopic (exact) mass is 860 g/mol. The summed E-state index contributed by atoms with van der Waals surface area (Å²) in [6.45, 7) is 10.4. The summed E-state index contributed by atoms with van der Waals surface area (Å²) < 4.78 is 39.7. The SMILES string of the molecule is COc1ccc(CCC(O)c2cccc(OCC(=O)NCC(CNC(=O)COc3cccc(C(O)CCc4ccc(OC)c(OC)c4)c3)O[Si](C)(C)C(C)(C)C)c2)cc1OC. The number of ether oxygens (including phenoxy) is 6. The van der Waals surface area contributed by atoms with Crippen LogP contribution in [-0.4, -0.2) is 91.2 Å². The number of aryl methyl sites for hydroxylation is 2. The fraction of sp³-hybridized carbons (Fsp3) is 0.447. The largest absolute Gasteiger partial charge is 0.493 e. The number of benzene rings is 4. The standard InChI is InChI=1S/C47H64N2O11Si/c1-47(2,3)61(8,9)60-38(28-48-45(52)30-58-36-14-10-12-34(26-36)39(50)20-16-32-18-22-41(54-4)43(24-32)56-6)29-49-46(53)31-59-37-15-11-13-35(27-37)40(51)21-17-33-19-23-42(55-5)44(25-33)57-7/h10-15,18-19,22-27,38-40,50-51H,16-17,20-21,28-31H2,1-9H3,(H,48,52)(H,49,53). The molecule has 2 unspecified atom stereocenters. The number of nitrogens with one attached hydrogen (secondary N) is 2. The molecule has 0 aliphatic carbocycles. The molecule has 61 heavy (non-hydrogen) atoms. The lowest BCUT2D eigenvalue weighted by Gasteiger charge is -2.39. The van der Waals surface area contributed by atoms with E-state index in [4.69, 9.17) is 32.8 Å². The number of carbonyl (C=O) groups is 2. The quantitative estimate of drug-likeness (QED) is 0.0530. The van der Waals surface area contributed by atoms with Crippen molar-refractivity contribution >= 4 is 20.1 Å². The Labute approximate surface area is 361 Å². The van der Waals surface area contributed by atoms with Gasteiger partial charge in [0.1, 0.15) is 11.5 Å². The molecule has 4 aromatic carbocycles. The van der Waals surface area contributed by atoms with Gasteiger partial charge in [-0.1, -0.05) is 57.2 Å². The molecule has 2 atom stereocenters. The van der Waals surface area contributed by atoms with E-state index in [0.717, 1.165) is 11.1 Å². The second-order valence-electron chi connectivity index (χ2n) is 16.3. The number of hydrogen-bond donors (Lipinski definition) is 4. The molecular weight excluding hydrogens is 797 g/mol. The molecule has 4 rings (SSSR count). The molecule has 2 amide bonds. The third-order valence-electron chi connectivity index (χ3n) is 10.9. The van der Waals surface area contributed by atoms with Gasteiger partial charge in [0.15, 0.2) is 44.5 Å². The van der Waals surface area contributed by atoms with Gasteiger partial charge < -0.3 is 53.7 Å². The zero-order valence-corrected chi connectivity index (χ0v) is 38.0. The topological polar surface area (TPSA) is 163 Å². The molecule has 0 heterocycles. The van der Waals surface area contributed by atoms with Crippen molar-refractivity contribution in [2.24, 2.45) is 0 Å². The number of carbonyl (C=O) groups excluding carboxylic acids is 2. The Morgan fingerprint density at radius 2 is 1.02 bits per heavy atom. The van der Waals surface area contributed by atoms with Crippen molar-refractivity contribution in [3.05, 3.63) is 107 Å². The van der Waals surface area contributed by atoms with Crippen LogP contribution in [0.25, 0.3) is 0 Å². The molecule has 0 bridgehead atoms. The van der Waals surface area contributed by atoms with E-state index < -0.39 is 26.6 Å². The second kappa shape index (κ2) is 23.1. The summed E-state index contributed by atoms with van der Waals surface area (Å²) in [6, 6.07) is 25.5. The van der Waals surface area contributed by atoms with Gasteiger partial charge in [0.05, 0.1) is 46.8 Å². The Morgan fingerprint density at radius 1 is 0.607 bits per heavy atom. The van der Waals surface area contributed by atoms with Crippen LogP contribution in [0.2, 0.25) is 18.1 Å². The highest BCUT2D eigenvalue weighted by molar-refractivity contribution is 6.74. The van der Waals surface area contributed by atoms with Gasteiger partial charge in [0.25, 0.3) is 11.8 Å². The van der Waals surface area contributed by atoms with Crippen LogP contribution in [0.5, 0.6) is 34.5 Å². The maximum atomic E-state index is 13.0. The predicted octanol–water partition coefficient (Wildman–Crippen LogP) is 7.13. The minimum atomic E-state index is -2.30. The first-order valence-corrected chi connectivity index (χ1v) is 23.4. The van der Waals surface area contributed by atoms with Gasteiger partial charge in [-0.25, -0.2) is 0 Å². The third kappa shape index (κ3) is 15.0. The molecule has 0 aliphatic rings. The fourth-order valence-electron chi connectivity index (χ4n) is 6.24. The van der Waals surface area contributed by atoms with Crippen molar-refractivity contribution in [1.82, 2.24) is 10.6 Å². The Kier molecular flexibility index (Phi) is 18.3. The van der Waals surface area contributed by atoms with Crippen LogP contribution in [0.3, 0.4) is 0 Å². The lowest BCUT2D eigenvalue weighted by molar-refractivity contribution is -0.123. The number of methoxy groups -OCH3 is 4. The van der Waals surface area contributed by atoms with Gasteiger partial charge in [-0.2, -0.15) is 0 Å². The van der Waals surface area contributed by atoms with Gasteiger partial charge in [-0.15, -0.1) is 0 Å². The molecular formula is C47H64N2O11Si. The van der Waals surface area contributed by atoms with Crippen molar-refractivity contribution in [3.63, 3.8) is 0 Å². The summed E-state index contributed by atoms with van der Waals surface area (Å²) in [5.41, 5.74) is 3.35. The minimum absolute atomic E-state index is 0.111.